The highest BCUT2D eigenvalue weighted by molar-refractivity contribution is 7.99. The summed E-state index contributed by atoms with van der Waals surface area (Å²) in [7, 11) is 0. The van der Waals surface area contributed by atoms with Gasteiger partial charge in [0.25, 0.3) is 0 Å². The standard InChI is InChI=1S/C11H14N2OS/c1-7-9(8(2)14)6-12-11(13-7)10-4-3-5-15-10/h6,10H,3-5H2,1-2H3. The number of ketones is 1. The predicted molar refractivity (Wildman–Crippen MR) is 61.2 cm³/mol. The summed E-state index contributed by atoms with van der Waals surface area (Å²) in [5.41, 5.74) is 1.45. The average molecular weight is 222 g/mol. The van der Waals surface area contributed by atoms with Gasteiger partial charge in [-0.3, -0.25) is 4.79 Å². The molecule has 0 amide bonds. The van der Waals surface area contributed by atoms with E-state index in [1.807, 2.05) is 18.7 Å². The maximum Gasteiger partial charge on any atom is 0.163 e. The van der Waals surface area contributed by atoms with E-state index in [-0.39, 0.29) is 5.78 Å². The van der Waals surface area contributed by atoms with Crippen LogP contribution < -0.4 is 0 Å². The predicted octanol–water partition coefficient (Wildman–Crippen LogP) is 2.56. The van der Waals surface area contributed by atoms with E-state index >= 15 is 0 Å². The minimum Gasteiger partial charge on any atom is -0.294 e. The Morgan fingerprint density at radius 2 is 2.40 bits per heavy atom. The van der Waals surface area contributed by atoms with Crippen LogP contribution in [0.25, 0.3) is 0 Å². The number of aryl methyl sites for hydroxylation is 1. The van der Waals surface area contributed by atoms with Gasteiger partial charge in [0, 0.05) is 6.20 Å². The van der Waals surface area contributed by atoms with Crippen LogP contribution in [0.3, 0.4) is 0 Å². The molecule has 0 aliphatic carbocycles. The van der Waals surface area contributed by atoms with Gasteiger partial charge >= 0.3 is 0 Å². The van der Waals surface area contributed by atoms with E-state index in [0.29, 0.717) is 10.8 Å². The molecule has 0 bridgehead atoms. The molecule has 4 heteroatoms. The number of hydrogen-bond acceptors (Lipinski definition) is 4. The molecule has 0 N–H and O–H groups in total. The van der Waals surface area contributed by atoms with Gasteiger partial charge in [-0.15, -0.1) is 0 Å². The van der Waals surface area contributed by atoms with Gasteiger partial charge in [0.15, 0.2) is 5.78 Å². The van der Waals surface area contributed by atoms with E-state index in [9.17, 15) is 4.79 Å². The van der Waals surface area contributed by atoms with Gasteiger partial charge in [-0.1, -0.05) is 0 Å². The molecule has 0 spiro atoms. The van der Waals surface area contributed by atoms with Crippen molar-refractivity contribution in [1.82, 2.24) is 9.97 Å². The van der Waals surface area contributed by atoms with Crippen molar-refractivity contribution in [3.63, 3.8) is 0 Å². The Labute approximate surface area is 93.7 Å². The lowest BCUT2D eigenvalue weighted by molar-refractivity contribution is 0.101. The Hall–Kier alpha value is -0.900. The molecule has 0 saturated carbocycles. The van der Waals surface area contributed by atoms with Crippen molar-refractivity contribution in [2.24, 2.45) is 0 Å². The molecule has 15 heavy (non-hydrogen) atoms. The van der Waals surface area contributed by atoms with Gasteiger partial charge in [-0.25, -0.2) is 9.97 Å². The lowest BCUT2D eigenvalue weighted by Crippen LogP contribution is -2.05. The van der Waals surface area contributed by atoms with Gasteiger partial charge < -0.3 is 0 Å². The van der Waals surface area contributed by atoms with E-state index in [0.717, 1.165) is 17.9 Å². The number of carbonyl (C=O) groups is 1. The summed E-state index contributed by atoms with van der Waals surface area (Å²) in [6, 6.07) is 0. The zero-order valence-electron chi connectivity index (χ0n) is 8.99. The molecule has 1 saturated heterocycles. The number of thioether (sulfide) groups is 1. The third-order valence-electron chi connectivity index (χ3n) is 2.59. The van der Waals surface area contributed by atoms with Crippen LogP contribution in [0.2, 0.25) is 0 Å². The van der Waals surface area contributed by atoms with E-state index in [4.69, 9.17) is 0 Å². The Morgan fingerprint density at radius 1 is 1.60 bits per heavy atom. The fraction of sp³-hybridized carbons (Fsp3) is 0.545. The zero-order valence-corrected chi connectivity index (χ0v) is 9.80. The molecule has 1 aromatic heterocycles. The van der Waals surface area contributed by atoms with Crippen LogP contribution >= 0.6 is 11.8 Å². The first-order valence-corrected chi connectivity index (χ1v) is 6.19. The third-order valence-corrected chi connectivity index (χ3v) is 3.97. The van der Waals surface area contributed by atoms with E-state index in [2.05, 4.69) is 9.97 Å². The van der Waals surface area contributed by atoms with E-state index < -0.39 is 0 Å². The van der Waals surface area contributed by atoms with Gasteiger partial charge in [-0.05, 0) is 32.4 Å². The highest BCUT2D eigenvalue weighted by Gasteiger charge is 2.21. The van der Waals surface area contributed by atoms with Gasteiger partial charge in [0.05, 0.1) is 16.5 Å². The fourth-order valence-corrected chi connectivity index (χ4v) is 2.98. The number of rotatable bonds is 2. The normalized spacial score (nSPS) is 20.5. The molecule has 1 fully saturated rings. The molecule has 1 aliphatic rings. The molecule has 80 valence electrons. The Balaban J connectivity index is 2.28. The molecule has 1 atom stereocenters. The van der Waals surface area contributed by atoms with Crippen molar-refractivity contribution in [2.75, 3.05) is 5.75 Å². The Bertz CT molecular complexity index is 386. The monoisotopic (exact) mass is 222 g/mol. The van der Waals surface area contributed by atoms with Gasteiger partial charge in [-0.2, -0.15) is 11.8 Å². The van der Waals surface area contributed by atoms with Crippen LogP contribution in [-0.2, 0) is 0 Å². The highest BCUT2D eigenvalue weighted by Crippen LogP contribution is 2.38. The minimum absolute atomic E-state index is 0.0399. The van der Waals surface area contributed by atoms with Crippen molar-refractivity contribution in [3.8, 4) is 0 Å². The summed E-state index contributed by atoms with van der Waals surface area (Å²) >= 11 is 1.91. The number of nitrogens with zero attached hydrogens (tertiary/aromatic N) is 2. The summed E-state index contributed by atoms with van der Waals surface area (Å²) in [6.45, 7) is 3.43. The molecule has 2 rings (SSSR count). The zero-order chi connectivity index (χ0) is 10.8. The first-order chi connectivity index (χ1) is 7.18. The van der Waals surface area contributed by atoms with Crippen LogP contribution in [0, 0.1) is 6.92 Å². The maximum absolute atomic E-state index is 11.2. The number of Topliss-reactive ketones (excluding diaryl/α,β-unsaturated/α-hetero) is 1. The third kappa shape index (κ3) is 2.20. The smallest absolute Gasteiger partial charge is 0.163 e. The lowest BCUT2D eigenvalue weighted by Gasteiger charge is -2.08. The summed E-state index contributed by atoms with van der Waals surface area (Å²) in [6.07, 6.45) is 4.06. The SMILES string of the molecule is CC(=O)c1cnc(C2CCCS2)nc1C. The summed E-state index contributed by atoms with van der Waals surface area (Å²) in [5, 5.41) is 0.435. The Kier molecular flexibility index (Phi) is 3.05. The largest absolute Gasteiger partial charge is 0.294 e. The van der Waals surface area contributed by atoms with Crippen molar-refractivity contribution in [1.29, 1.82) is 0 Å². The van der Waals surface area contributed by atoms with E-state index in [1.54, 1.807) is 13.1 Å². The number of aromatic nitrogens is 2. The summed E-state index contributed by atoms with van der Waals surface area (Å²) in [4.78, 5) is 19.9. The van der Waals surface area contributed by atoms with Crippen LogP contribution in [-0.4, -0.2) is 21.5 Å². The molecule has 3 nitrogen and oxygen atoms in total. The molecule has 2 heterocycles. The second-order valence-corrected chi connectivity index (χ2v) is 5.10. The number of hydrogen-bond donors (Lipinski definition) is 0. The van der Waals surface area contributed by atoms with Crippen molar-refractivity contribution in [2.45, 2.75) is 31.9 Å². The molecule has 0 radical (unpaired) electrons. The van der Waals surface area contributed by atoms with Crippen molar-refractivity contribution >= 4 is 17.5 Å². The average Bonchev–Trinajstić information content (AvgIpc) is 2.69. The Morgan fingerprint density at radius 3 is 2.93 bits per heavy atom. The summed E-state index contributed by atoms with van der Waals surface area (Å²) in [5.74, 6) is 2.12. The molecule has 1 aromatic rings. The number of carbonyl (C=O) groups excluding carboxylic acids is 1. The van der Waals surface area contributed by atoms with Crippen LogP contribution in [0.4, 0.5) is 0 Å². The van der Waals surface area contributed by atoms with Crippen LogP contribution in [0.5, 0.6) is 0 Å². The van der Waals surface area contributed by atoms with Crippen LogP contribution in [0.15, 0.2) is 6.20 Å². The topological polar surface area (TPSA) is 42.9 Å². The van der Waals surface area contributed by atoms with E-state index in [1.165, 1.54) is 12.2 Å². The van der Waals surface area contributed by atoms with Crippen LogP contribution in [0.1, 0.15) is 46.9 Å². The molecular formula is C11H14N2OS. The first-order valence-electron chi connectivity index (χ1n) is 5.14. The second kappa shape index (κ2) is 4.31. The van der Waals surface area contributed by atoms with Gasteiger partial charge in [0.2, 0.25) is 0 Å². The first kappa shape index (κ1) is 10.6. The summed E-state index contributed by atoms with van der Waals surface area (Å²) < 4.78 is 0. The molecule has 1 aliphatic heterocycles. The molecule has 0 aromatic carbocycles. The maximum atomic E-state index is 11.2. The minimum atomic E-state index is 0.0399. The quantitative estimate of drug-likeness (QED) is 0.721. The fourth-order valence-electron chi connectivity index (χ4n) is 1.77. The highest BCUT2D eigenvalue weighted by atomic mass is 32.2. The van der Waals surface area contributed by atoms with Crippen molar-refractivity contribution < 1.29 is 4.79 Å². The lowest BCUT2D eigenvalue weighted by atomic mass is 10.1. The second-order valence-electron chi connectivity index (χ2n) is 3.79. The van der Waals surface area contributed by atoms with Gasteiger partial charge in [0.1, 0.15) is 5.82 Å². The van der Waals surface area contributed by atoms with Crippen molar-refractivity contribution in [3.05, 3.63) is 23.3 Å². The molecule has 1 unspecified atom stereocenters. The molecular weight excluding hydrogens is 208 g/mol.